The minimum absolute atomic E-state index is 0.0881. The van der Waals surface area contributed by atoms with Gasteiger partial charge in [0.2, 0.25) is 0 Å². The molecule has 0 spiro atoms. The summed E-state index contributed by atoms with van der Waals surface area (Å²) in [6.45, 7) is 5.80. The van der Waals surface area contributed by atoms with Crippen LogP contribution in [0.2, 0.25) is 0 Å². The molecule has 0 bridgehead atoms. The summed E-state index contributed by atoms with van der Waals surface area (Å²) in [7, 11) is 0. The highest BCUT2D eigenvalue weighted by atomic mass is 16.3. The fourth-order valence-electron chi connectivity index (χ4n) is 1.65. The average Bonchev–Trinajstić information content (AvgIpc) is 2.22. The molecule has 0 aromatic heterocycles. The first-order valence-electron chi connectivity index (χ1n) is 5.32. The third-order valence-electron chi connectivity index (χ3n) is 2.75. The topological polar surface area (TPSA) is 37.3 Å². The summed E-state index contributed by atoms with van der Waals surface area (Å²) in [4.78, 5) is 11.6. The SMILES string of the molecule is CCC(O)C(=O)Cc1c(C)cccc1C. The lowest BCUT2D eigenvalue weighted by molar-refractivity contribution is -0.126. The molecule has 1 unspecified atom stereocenters. The lowest BCUT2D eigenvalue weighted by atomic mass is 9.96. The van der Waals surface area contributed by atoms with E-state index >= 15 is 0 Å². The van der Waals surface area contributed by atoms with Gasteiger partial charge in [-0.3, -0.25) is 4.79 Å². The fraction of sp³-hybridized carbons (Fsp3) is 0.462. The van der Waals surface area contributed by atoms with E-state index in [4.69, 9.17) is 0 Å². The number of ketones is 1. The van der Waals surface area contributed by atoms with Crippen molar-refractivity contribution in [3.05, 3.63) is 34.9 Å². The average molecular weight is 206 g/mol. The van der Waals surface area contributed by atoms with E-state index in [1.807, 2.05) is 39.0 Å². The summed E-state index contributed by atoms with van der Waals surface area (Å²) in [5.74, 6) is -0.0881. The van der Waals surface area contributed by atoms with Crippen LogP contribution in [0.15, 0.2) is 18.2 Å². The number of aryl methyl sites for hydroxylation is 2. The van der Waals surface area contributed by atoms with Gasteiger partial charge in [-0.2, -0.15) is 0 Å². The molecule has 1 aromatic rings. The zero-order valence-corrected chi connectivity index (χ0v) is 9.58. The maximum absolute atomic E-state index is 11.6. The van der Waals surface area contributed by atoms with Crippen LogP contribution in [0.25, 0.3) is 0 Å². The second-order valence-corrected chi connectivity index (χ2v) is 3.94. The Morgan fingerprint density at radius 3 is 2.33 bits per heavy atom. The zero-order chi connectivity index (χ0) is 11.4. The lowest BCUT2D eigenvalue weighted by Gasteiger charge is -2.11. The number of carbonyl (C=O) groups is 1. The zero-order valence-electron chi connectivity index (χ0n) is 9.58. The molecule has 2 heteroatoms. The van der Waals surface area contributed by atoms with E-state index in [1.165, 1.54) is 0 Å². The van der Waals surface area contributed by atoms with Crippen LogP contribution < -0.4 is 0 Å². The second-order valence-electron chi connectivity index (χ2n) is 3.94. The molecule has 82 valence electrons. The van der Waals surface area contributed by atoms with Gasteiger partial charge < -0.3 is 5.11 Å². The van der Waals surface area contributed by atoms with Crippen molar-refractivity contribution in [2.45, 2.75) is 39.7 Å². The van der Waals surface area contributed by atoms with Gasteiger partial charge in [-0.1, -0.05) is 25.1 Å². The van der Waals surface area contributed by atoms with Gasteiger partial charge in [-0.15, -0.1) is 0 Å². The maximum Gasteiger partial charge on any atom is 0.165 e. The van der Waals surface area contributed by atoms with Crippen LogP contribution in [0.5, 0.6) is 0 Å². The molecule has 1 rings (SSSR count). The summed E-state index contributed by atoms with van der Waals surface area (Å²) >= 11 is 0. The largest absolute Gasteiger partial charge is 0.385 e. The third-order valence-corrected chi connectivity index (χ3v) is 2.75. The minimum Gasteiger partial charge on any atom is -0.385 e. The molecule has 0 saturated heterocycles. The molecule has 2 nitrogen and oxygen atoms in total. The number of aliphatic hydroxyl groups excluding tert-OH is 1. The highest BCUT2D eigenvalue weighted by Crippen LogP contribution is 2.15. The maximum atomic E-state index is 11.6. The molecule has 0 heterocycles. The summed E-state index contributed by atoms with van der Waals surface area (Å²) in [6.07, 6.45) is 0.0149. The quantitative estimate of drug-likeness (QED) is 0.820. The molecule has 1 aromatic carbocycles. The Morgan fingerprint density at radius 2 is 1.87 bits per heavy atom. The Morgan fingerprint density at radius 1 is 1.33 bits per heavy atom. The molecule has 0 fully saturated rings. The van der Waals surface area contributed by atoms with Crippen molar-refractivity contribution >= 4 is 5.78 Å². The number of benzene rings is 1. The normalized spacial score (nSPS) is 12.5. The summed E-state index contributed by atoms with van der Waals surface area (Å²) in [6, 6.07) is 5.97. The molecule has 0 radical (unpaired) electrons. The van der Waals surface area contributed by atoms with Crippen LogP contribution in [0.4, 0.5) is 0 Å². The van der Waals surface area contributed by atoms with E-state index in [2.05, 4.69) is 0 Å². The van der Waals surface area contributed by atoms with Gasteiger partial charge in [0.25, 0.3) is 0 Å². The van der Waals surface area contributed by atoms with Crippen LogP contribution in [-0.2, 0) is 11.2 Å². The summed E-state index contributed by atoms with van der Waals surface area (Å²) < 4.78 is 0. The van der Waals surface area contributed by atoms with E-state index in [0.29, 0.717) is 12.8 Å². The van der Waals surface area contributed by atoms with Crippen molar-refractivity contribution in [2.24, 2.45) is 0 Å². The molecule has 0 aliphatic carbocycles. The molecule has 0 aliphatic heterocycles. The van der Waals surface area contributed by atoms with Gasteiger partial charge in [0.15, 0.2) is 5.78 Å². The molecule has 15 heavy (non-hydrogen) atoms. The number of rotatable bonds is 4. The molecular formula is C13H18O2. The van der Waals surface area contributed by atoms with Gasteiger partial charge in [0.1, 0.15) is 6.10 Å². The highest BCUT2D eigenvalue weighted by molar-refractivity contribution is 5.85. The van der Waals surface area contributed by atoms with E-state index in [0.717, 1.165) is 16.7 Å². The highest BCUT2D eigenvalue weighted by Gasteiger charge is 2.15. The predicted molar refractivity (Wildman–Crippen MR) is 60.9 cm³/mol. The Balaban J connectivity index is 2.85. The Bertz CT molecular complexity index is 335. The standard InChI is InChI=1S/C13H18O2/c1-4-12(14)13(15)8-11-9(2)6-5-7-10(11)3/h5-7,12,14H,4,8H2,1-3H3. The van der Waals surface area contributed by atoms with Crippen LogP contribution in [-0.4, -0.2) is 17.0 Å². The van der Waals surface area contributed by atoms with Gasteiger partial charge in [0, 0.05) is 6.42 Å². The van der Waals surface area contributed by atoms with E-state index in [-0.39, 0.29) is 5.78 Å². The van der Waals surface area contributed by atoms with Crippen molar-refractivity contribution in [1.82, 2.24) is 0 Å². The van der Waals surface area contributed by atoms with Crippen molar-refractivity contribution < 1.29 is 9.90 Å². The second kappa shape index (κ2) is 5.08. The first kappa shape index (κ1) is 11.9. The van der Waals surface area contributed by atoms with E-state index < -0.39 is 6.10 Å². The smallest absolute Gasteiger partial charge is 0.165 e. The first-order valence-corrected chi connectivity index (χ1v) is 5.32. The van der Waals surface area contributed by atoms with Gasteiger partial charge in [0.05, 0.1) is 0 Å². The Hall–Kier alpha value is -1.15. The monoisotopic (exact) mass is 206 g/mol. The lowest BCUT2D eigenvalue weighted by Crippen LogP contribution is -2.21. The molecule has 1 atom stereocenters. The van der Waals surface area contributed by atoms with Crippen molar-refractivity contribution in [1.29, 1.82) is 0 Å². The van der Waals surface area contributed by atoms with Crippen LogP contribution >= 0.6 is 0 Å². The van der Waals surface area contributed by atoms with Crippen LogP contribution in [0, 0.1) is 13.8 Å². The van der Waals surface area contributed by atoms with Crippen LogP contribution in [0.1, 0.15) is 30.0 Å². The van der Waals surface area contributed by atoms with Gasteiger partial charge >= 0.3 is 0 Å². The number of aliphatic hydroxyl groups is 1. The summed E-state index contributed by atoms with van der Waals surface area (Å²) in [5.41, 5.74) is 3.29. The molecule has 1 N–H and O–H groups in total. The van der Waals surface area contributed by atoms with Gasteiger partial charge in [-0.05, 0) is 37.0 Å². The molecule has 0 saturated carbocycles. The number of hydrogen-bond donors (Lipinski definition) is 1. The summed E-state index contributed by atoms with van der Waals surface area (Å²) in [5, 5.41) is 9.42. The Kier molecular flexibility index (Phi) is 4.04. The molecule has 0 aliphatic rings. The van der Waals surface area contributed by atoms with Crippen molar-refractivity contribution in [3.63, 3.8) is 0 Å². The number of carbonyl (C=O) groups excluding carboxylic acids is 1. The predicted octanol–water partition coefficient (Wildman–Crippen LogP) is 2.19. The number of hydrogen-bond acceptors (Lipinski definition) is 2. The van der Waals surface area contributed by atoms with Gasteiger partial charge in [-0.25, -0.2) is 0 Å². The van der Waals surface area contributed by atoms with E-state index in [9.17, 15) is 9.90 Å². The molecule has 0 amide bonds. The first-order chi connectivity index (χ1) is 7.06. The van der Waals surface area contributed by atoms with Crippen LogP contribution in [0.3, 0.4) is 0 Å². The Labute approximate surface area is 90.9 Å². The number of Topliss-reactive ketones (excluding diaryl/α,β-unsaturated/α-hetero) is 1. The molecular weight excluding hydrogens is 188 g/mol. The van der Waals surface area contributed by atoms with Crippen molar-refractivity contribution in [3.8, 4) is 0 Å². The van der Waals surface area contributed by atoms with Crippen molar-refractivity contribution in [2.75, 3.05) is 0 Å². The fourth-order valence-corrected chi connectivity index (χ4v) is 1.65. The van der Waals surface area contributed by atoms with E-state index in [1.54, 1.807) is 0 Å². The minimum atomic E-state index is -0.816. The third kappa shape index (κ3) is 2.90.